The molecule has 0 aliphatic rings. The van der Waals surface area contributed by atoms with Gasteiger partial charge in [-0.25, -0.2) is 9.98 Å². The predicted octanol–water partition coefficient (Wildman–Crippen LogP) is 3.97. The molecule has 138 valence electrons. The van der Waals surface area contributed by atoms with Crippen LogP contribution in [0.25, 0.3) is 0 Å². The quantitative estimate of drug-likeness (QED) is 0.378. The van der Waals surface area contributed by atoms with E-state index < -0.39 is 0 Å². The number of halogens is 1. The van der Waals surface area contributed by atoms with E-state index in [2.05, 4.69) is 72.1 Å². The van der Waals surface area contributed by atoms with E-state index in [4.69, 9.17) is 4.99 Å². The first-order valence-corrected chi connectivity index (χ1v) is 8.70. The molecule has 2 N–H and O–H groups in total. The van der Waals surface area contributed by atoms with Gasteiger partial charge < -0.3 is 15.2 Å². The van der Waals surface area contributed by atoms with E-state index in [9.17, 15) is 0 Å². The predicted molar refractivity (Wildman–Crippen MR) is 115 cm³/mol. The van der Waals surface area contributed by atoms with Crippen LogP contribution in [-0.4, -0.2) is 22.1 Å². The molecule has 1 heterocycles. The van der Waals surface area contributed by atoms with Gasteiger partial charge in [0.05, 0.1) is 6.04 Å². The van der Waals surface area contributed by atoms with Gasteiger partial charge in [-0.1, -0.05) is 44.2 Å². The number of benzene rings is 1. The van der Waals surface area contributed by atoms with Crippen molar-refractivity contribution in [2.24, 2.45) is 10.9 Å². The summed E-state index contributed by atoms with van der Waals surface area (Å²) in [5.41, 5.74) is 1.24. The minimum absolute atomic E-state index is 0. The molecule has 1 aromatic carbocycles. The molecule has 0 aliphatic heterocycles. The van der Waals surface area contributed by atoms with Crippen LogP contribution in [0.15, 0.2) is 47.7 Å². The number of aliphatic imine (C=N–C) groups is 1. The number of guanidine groups is 1. The lowest BCUT2D eigenvalue weighted by molar-refractivity contribution is 0.507. The Labute approximate surface area is 168 Å². The van der Waals surface area contributed by atoms with Crippen LogP contribution in [0.4, 0.5) is 0 Å². The van der Waals surface area contributed by atoms with Crippen molar-refractivity contribution in [3.63, 3.8) is 0 Å². The second-order valence-electron chi connectivity index (χ2n) is 6.36. The van der Waals surface area contributed by atoms with Gasteiger partial charge in [-0.2, -0.15) is 0 Å². The second kappa shape index (κ2) is 11.1. The van der Waals surface area contributed by atoms with Gasteiger partial charge in [0.25, 0.3) is 0 Å². The second-order valence-corrected chi connectivity index (χ2v) is 6.36. The summed E-state index contributed by atoms with van der Waals surface area (Å²) in [6, 6.07) is 10.6. The van der Waals surface area contributed by atoms with Crippen LogP contribution in [0.5, 0.6) is 0 Å². The third-order valence-electron chi connectivity index (χ3n) is 3.74. The van der Waals surface area contributed by atoms with Crippen molar-refractivity contribution in [2.45, 2.75) is 46.8 Å². The minimum Gasteiger partial charge on any atom is -0.357 e. The van der Waals surface area contributed by atoms with Crippen LogP contribution >= 0.6 is 24.0 Å². The number of nitrogens with zero attached hydrogens (tertiary/aromatic N) is 3. The Hall–Kier alpha value is -1.57. The lowest BCUT2D eigenvalue weighted by atomic mass is 10.1. The highest BCUT2D eigenvalue weighted by atomic mass is 127. The average molecular weight is 455 g/mol. The van der Waals surface area contributed by atoms with Crippen LogP contribution in [0.2, 0.25) is 0 Å². The number of nitrogens with one attached hydrogen (secondary N) is 2. The molecule has 5 nitrogen and oxygen atoms in total. The Balaban J connectivity index is 0.00000312. The molecule has 6 heteroatoms. The van der Waals surface area contributed by atoms with Crippen molar-refractivity contribution in [1.82, 2.24) is 20.2 Å². The Kier molecular flexibility index (Phi) is 9.55. The van der Waals surface area contributed by atoms with Gasteiger partial charge in [-0.05, 0) is 25.3 Å². The number of hydrogen-bond acceptors (Lipinski definition) is 2. The summed E-state index contributed by atoms with van der Waals surface area (Å²) in [4.78, 5) is 9.14. The smallest absolute Gasteiger partial charge is 0.192 e. The molecule has 0 spiro atoms. The molecule has 0 bridgehead atoms. The molecule has 1 aromatic heterocycles. The van der Waals surface area contributed by atoms with Gasteiger partial charge in [0.15, 0.2) is 5.96 Å². The van der Waals surface area contributed by atoms with Crippen LogP contribution in [0.1, 0.15) is 45.1 Å². The van der Waals surface area contributed by atoms with E-state index in [1.165, 1.54) is 5.56 Å². The highest BCUT2D eigenvalue weighted by Crippen LogP contribution is 2.11. The lowest BCUT2D eigenvalue weighted by Crippen LogP contribution is -2.38. The summed E-state index contributed by atoms with van der Waals surface area (Å²) >= 11 is 0. The maximum absolute atomic E-state index is 4.70. The summed E-state index contributed by atoms with van der Waals surface area (Å²) in [7, 11) is 0. The standard InChI is InChI=1S/C19H29N5.HI/c1-5-20-19(23-16(4)17-9-7-6-8-10-17)22-13-18-21-11-12-24(18)14-15(2)3;/h6-12,15-16H,5,13-14H2,1-4H3,(H2,20,22,23);1H. The zero-order chi connectivity index (χ0) is 17.4. The fourth-order valence-electron chi connectivity index (χ4n) is 2.55. The molecular weight excluding hydrogens is 425 g/mol. The number of imidazole rings is 1. The normalized spacial score (nSPS) is 12.6. The van der Waals surface area contributed by atoms with Crippen molar-refractivity contribution in [2.75, 3.05) is 6.54 Å². The Morgan fingerprint density at radius 3 is 2.56 bits per heavy atom. The maximum atomic E-state index is 4.70. The summed E-state index contributed by atoms with van der Waals surface area (Å²) in [6.07, 6.45) is 3.87. The zero-order valence-corrected chi connectivity index (χ0v) is 17.9. The van der Waals surface area contributed by atoms with Gasteiger partial charge in [-0.3, -0.25) is 0 Å². The molecule has 0 amide bonds. The first-order valence-electron chi connectivity index (χ1n) is 8.70. The Morgan fingerprint density at radius 1 is 1.20 bits per heavy atom. The van der Waals surface area contributed by atoms with E-state index in [1.54, 1.807) is 0 Å². The molecule has 0 saturated carbocycles. The molecule has 2 aromatic rings. The molecule has 1 atom stereocenters. The monoisotopic (exact) mass is 455 g/mol. The molecule has 0 radical (unpaired) electrons. The SMILES string of the molecule is CCNC(=NCc1nccn1CC(C)C)NC(C)c1ccccc1.I. The van der Waals surface area contributed by atoms with Crippen molar-refractivity contribution < 1.29 is 0 Å². The van der Waals surface area contributed by atoms with Gasteiger partial charge in [0, 0.05) is 25.5 Å². The molecule has 1 unspecified atom stereocenters. The topological polar surface area (TPSA) is 54.2 Å². The van der Waals surface area contributed by atoms with Crippen LogP contribution in [-0.2, 0) is 13.1 Å². The highest BCUT2D eigenvalue weighted by Gasteiger charge is 2.08. The summed E-state index contributed by atoms with van der Waals surface area (Å²) in [6.45, 7) is 11.0. The molecule has 0 fully saturated rings. The summed E-state index contributed by atoms with van der Waals surface area (Å²) < 4.78 is 2.18. The van der Waals surface area contributed by atoms with Crippen LogP contribution < -0.4 is 10.6 Å². The van der Waals surface area contributed by atoms with E-state index in [1.807, 2.05) is 18.5 Å². The first-order chi connectivity index (χ1) is 11.6. The van der Waals surface area contributed by atoms with Crippen LogP contribution in [0.3, 0.4) is 0 Å². The third kappa shape index (κ3) is 7.05. The van der Waals surface area contributed by atoms with E-state index >= 15 is 0 Å². The van der Waals surface area contributed by atoms with E-state index in [0.29, 0.717) is 12.5 Å². The largest absolute Gasteiger partial charge is 0.357 e. The zero-order valence-electron chi connectivity index (χ0n) is 15.6. The molecule has 2 rings (SSSR count). The third-order valence-corrected chi connectivity index (χ3v) is 3.74. The fraction of sp³-hybridized carbons (Fsp3) is 0.474. The molecule has 0 aliphatic carbocycles. The van der Waals surface area contributed by atoms with Crippen LogP contribution in [0, 0.1) is 5.92 Å². The Morgan fingerprint density at radius 2 is 1.92 bits per heavy atom. The van der Waals surface area contributed by atoms with E-state index in [-0.39, 0.29) is 30.0 Å². The van der Waals surface area contributed by atoms with Gasteiger partial charge in [-0.15, -0.1) is 24.0 Å². The lowest BCUT2D eigenvalue weighted by Gasteiger charge is -2.18. The van der Waals surface area contributed by atoms with Crippen molar-refractivity contribution in [1.29, 1.82) is 0 Å². The van der Waals surface area contributed by atoms with Gasteiger partial charge in [0.2, 0.25) is 0 Å². The maximum Gasteiger partial charge on any atom is 0.192 e. The molecule has 0 saturated heterocycles. The first kappa shape index (κ1) is 21.5. The summed E-state index contributed by atoms with van der Waals surface area (Å²) in [5.74, 6) is 2.40. The Bertz CT molecular complexity index is 636. The summed E-state index contributed by atoms with van der Waals surface area (Å²) in [5, 5.41) is 6.77. The van der Waals surface area contributed by atoms with Crippen molar-refractivity contribution in [3.05, 3.63) is 54.1 Å². The van der Waals surface area contributed by atoms with Crippen molar-refractivity contribution >= 4 is 29.9 Å². The number of aromatic nitrogens is 2. The minimum atomic E-state index is 0. The average Bonchev–Trinajstić information content (AvgIpc) is 3.00. The number of rotatable bonds is 7. The number of hydrogen-bond donors (Lipinski definition) is 2. The van der Waals surface area contributed by atoms with Gasteiger partial charge >= 0.3 is 0 Å². The van der Waals surface area contributed by atoms with Gasteiger partial charge in [0.1, 0.15) is 12.4 Å². The molecular formula is C19H30IN5. The molecule has 25 heavy (non-hydrogen) atoms. The highest BCUT2D eigenvalue weighted by molar-refractivity contribution is 14.0. The fourth-order valence-corrected chi connectivity index (χ4v) is 2.55. The van der Waals surface area contributed by atoms with Crippen molar-refractivity contribution in [3.8, 4) is 0 Å². The van der Waals surface area contributed by atoms with E-state index in [0.717, 1.165) is 24.9 Å².